The maximum atomic E-state index is 12.2. The van der Waals surface area contributed by atoms with E-state index in [9.17, 15) is 14.4 Å². The van der Waals surface area contributed by atoms with E-state index in [0.29, 0.717) is 5.56 Å². The number of Topliss-reactive ketones (excluding diaryl/α,β-unsaturated/α-hetero) is 1. The molecule has 0 aliphatic carbocycles. The summed E-state index contributed by atoms with van der Waals surface area (Å²) in [6.07, 6.45) is -1.69. The van der Waals surface area contributed by atoms with Crippen molar-refractivity contribution in [2.24, 2.45) is 0 Å². The number of nitrogens with zero attached hydrogens (tertiary/aromatic N) is 1. The zero-order valence-electron chi connectivity index (χ0n) is 12.7. The summed E-state index contributed by atoms with van der Waals surface area (Å²) in [5, 5.41) is 22.4. The van der Waals surface area contributed by atoms with Crippen LogP contribution in [0.5, 0.6) is 0 Å². The Kier molecular flexibility index (Phi) is 6.08. The van der Waals surface area contributed by atoms with Crippen molar-refractivity contribution in [1.29, 1.82) is 5.26 Å². The maximum Gasteiger partial charge on any atom is 0.409 e. The number of anilines is 2. The van der Waals surface area contributed by atoms with E-state index in [1.165, 1.54) is 18.2 Å². The zero-order valence-corrected chi connectivity index (χ0v) is 14.9. The standard InChI is InChI=1S/C17H12IN3O4/c18-12-4-5-13(21-17(24)25)14(7-12)20-16(23)8-15(22)11-3-1-2-10(6-11)9-19/h1-7,21H,8H2,(H,20,23)(H,24,25). The Bertz CT molecular complexity index is 890. The second-order valence-corrected chi connectivity index (χ2v) is 6.21. The van der Waals surface area contributed by atoms with E-state index >= 15 is 0 Å². The van der Waals surface area contributed by atoms with Gasteiger partial charge < -0.3 is 10.4 Å². The summed E-state index contributed by atoms with van der Waals surface area (Å²) < 4.78 is 0.789. The number of carboxylic acid groups (broad SMARTS) is 1. The summed E-state index contributed by atoms with van der Waals surface area (Å²) in [5.41, 5.74) is 1.07. The van der Waals surface area contributed by atoms with Gasteiger partial charge in [-0.2, -0.15) is 5.26 Å². The summed E-state index contributed by atoms with van der Waals surface area (Å²) in [6.45, 7) is 0. The quantitative estimate of drug-likeness (QED) is 0.367. The second kappa shape index (κ2) is 8.25. The van der Waals surface area contributed by atoms with E-state index < -0.39 is 24.2 Å². The van der Waals surface area contributed by atoms with Gasteiger partial charge in [-0.25, -0.2) is 4.79 Å². The van der Waals surface area contributed by atoms with Crippen LogP contribution in [0.2, 0.25) is 0 Å². The van der Waals surface area contributed by atoms with Crippen LogP contribution in [0.15, 0.2) is 42.5 Å². The minimum atomic E-state index is -1.26. The first-order valence-corrected chi connectivity index (χ1v) is 8.09. The van der Waals surface area contributed by atoms with Gasteiger partial charge in [0.2, 0.25) is 5.91 Å². The van der Waals surface area contributed by atoms with Crippen molar-refractivity contribution in [3.05, 3.63) is 57.2 Å². The van der Waals surface area contributed by atoms with Gasteiger partial charge in [0, 0.05) is 9.13 Å². The van der Waals surface area contributed by atoms with Crippen LogP contribution in [0.1, 0.15) is 22.3 Å². The number of hydrogen-bond acceptors (Lipinski definition) is 4. The van der Waals surface area contributed by atoms with Gasteiger partial charge in [0.15, 0.2) is 5.78 Å². The lowest BCUT2D eigenvalue weighted by molar-refractivity contribution is -0.115. The largest absolute Gasteiger partial charge is 0.465 e. The number of hydrogen-bond donors (Lipinski definition) is 3. The number of nitriles is 1. The van der Waals surface area contributed by atoms with Crippen molar-refractivity contribution in [3.63, 3.8) is 0 Å². The van der Waals surface area contributed by atoms with Crippen LogP contribution >= 0.6 is 22.6 Å². The molecule has 0 spiro atoms. The molecule has 0 aromatic heterocycles. The molecule has 0 atom stereocenters. The average molecular weight is 449 g/mol. The fourth-order valence-electron chi connectivity index (χ4n) is 2.05. The van der Waals surface area contributed by atoms with E-state index in [2.05, 4.69) is 10.6 Å². The lowest BCUT2D eigenvalue weighted by atomic mass is 10.1. The van der Waals surface area contributed by atoms with Crippen molar-refractivity contribution < 1.29 is 19.5 Å². The molecule has 3 N–H and O–H groups in total. The fraction of sp³-hybridized carbons (Fsp3) is 0.0588. The van der Waals surface area contributed by atoms with Crippen LogP contribution in [-0.4, -0.2) is 22.9 Å². The van der Waals surface area contributed by atoms with Gasteiger partial charge in [-0.05, 0) is 52.9 Å². The Balaban J connectivity index is 2.12. The molecule has 7 nitrogen and oxygen atoms in total. The van der Waals surface area contributed by atoms with E-state index in [1.807, 2.05) is 28.7 Å². The molecule has 0 saturated heterocycles. The molecule has 0 unspecified atom stereocenters. The van der Waals surface area contributed by atoms with Gasteiger partial charge in [0.05, 0.1) is 29.4 Å². The van der Waals surface area contributed by atoms with Crippen LogP contribution in [-0.2, 0) is 4.79 Å². The lowest BCUT2D eigenvalue weighted by Gasteiger charge is -2.11. The van der Waals surface area contributed by atoms with Crippen LogP contribution in [0, 0.1) is 14.9 Å². The minimum absolute atomic E-state index is 0.209. The summed E-state index contributed by atoms with van der Waals surface area (Å²) in [7, 11) is 0. The molecule has 2 aromatic carbocycles. The van der Waals surface area contributed by atoms with Crippen molar-refractivity contribution in [3.8, 4) is 6.07 Å². The van der Waals surface area contributed by atoms with Crippen LogP contribution in [0.4, 0.5) is 16.2 Å². The fourth-order valence-corrected chi connectivity index (χ4v) is 2.54. The number of ketones is 1. The summed E-state index contributed by atoms with van der Waals surface area (Å²) in [6, 6.07) is 12.8. The Morgan fingerprint density at radius 1 is 1.08 bits per heavy atom. The second-order valence-electron chi connectivity index (χ2n) is 4.96. The van der Waals surface area contributed by atoms with E-state index in [4.69, 9.17) is 10.4 Å². The van der Waals surface area contributed by atoms with Crippen molar-refractivity contribution in [2.45, 2.75) is 6.42 Å². The molecule has 25 heavy (non-hydrogen) atoms. The number of carbonyl (C=O) groups excluding carboxylic acids is 2. The third-order valence-electron chi connectivity index (χ3n) is 3.13. The summed E-state index contributed by atoms with van der Waals surface area (Å²) in [4.78, 5) is 35.1. The van der Waals surface area contributed by atoms with Gasteiger partial charge in [-0.3, -0.25) is 14.9 Å². The number of nitrogens with one attached hydrogen (secondary N) is 2. The summed E-state index contributed by atoms with van der Waals surface area (Å²) >= 11 is 2.02. The normalized spacial score (nSPS) is 9.76. The molecule has 0 fully saturated rings. The van der Waals surface area contributed by atoms with E-state index in [-0.39, 0.29) is 16.9 Å². The molecule has 0 aliphatic heterocycles. The van der Waals surface area contributed by atoms with Gasteiger partial charge in [-0.1, -0.05) is 12.1 Å². The van der Waals surface area contributed by atoms with Gasteiger partial charge in [0.1, 0.15) is 0 Å². The van der Waals surface area contributed by atoms with Crippen LogP contribution < -0.4 is 10.6 Å². The lowest BCUT2D eigenvalue weighted by Crippen LogP contribution is -2.18. The molecule has 0 heterocycles. The van der Waals surface area contributed by atoms with E-state index in [0.717, 1.165) is 3.57 Å². The molecule has 0 radical (unpaired) electrons. The predicted molar refractivity (Wildman–Crippen MR) is 99.5 cm³/mol. The highest BCUT2D eigenvalue weighted by Gasteiger charge is 2.15. The average Bonchev–Trinajstić information content (AvgIpc) is 2.57. The number of benzene rings is 2. The van der Waals surface area contributed by atoms with Gasteiger partial charge in [0.25, 0.3) is 0 Å². The van der Waals surface area contributed by atoms with Gasteiger partial charge in [-0.15, -0.1) is 0 Å². The molecule has 2 amide bonds. The highest BCUT2D eigenvalue weighted by atomic mass is 127. The first-order valence-electron chi connectivity index (χ1n) is 7.02. The van der Waals surface area contributed by atoms with Crippen molar-refractivity contribution in [1.82, 2.24) is 0 Å². The molecule has 2 rings (SSSR count). The topological polar surface area (TPSA) is 119 Å². The monoisotopic (exact) mass is 449 g/mol. The molecule has 2 aromatic rings. The zero-order chi connectivity index (χ0) is 18.4. The summed E-state index contributed by atoms with van der Waals surface area (Å²) in [5.74, 6) is -1.02. The highest BCUT2D eigenvalue weighted by Crippen LogP contribution is 2.24. The number of amides is 2. The minimum Gasteiger partial charge on any atom is -0.465 e. The molecule has 0 bridgehead atoms. The smallest absolute Gasteiger partial charge is 0.409 e. The Labute approximate surface area is 156 Å². The Morgan fingerprint density at radius 2 is 1.84 bits per heavy atom. The molecule has 126 valence electrons. The van der Waals surface area contributed by atoms with Crippen molar-refractivity contribution >= 4 is 51.7 Å². The SMILES string of the molecule is N#Cc1cccc(C(=O)CC(=O)Nc2cc(I)ccc2NC(=O)O)c1. The number of carbonyl (C=O) groups is 3. The van der Waals surface area contributed by atoms with Crippen LogP contribution in [0.25, 0.3) is 0 Å². The predicted octanol–water partition coefficient (Wildman–Crippen LogP) is 3.46. The number of rotatable bonds is 5. The maximum absolute atomic E-state index is 12.2. The third kappa shape index (κ3) is 5.29. The molecule has 0 saturated carbocycles. The Hall–Kier alpha value is -2.93. The first-order chi connectivity index (χ1) is 11.9. The Morgan fingerprint density at radius 3 is 2.52 bits per heavy atom. The first kappa shape index (κ1) is 18.4. The highest BCUT2D eigenvalue weighted by molar-refractivity contribution is 14.1. The van der Waals surface area contributed by atoms with Gasteiger partial charge >= 0.3 is 6.09 Å². The van der Waals surface area contributed by atoms with E-state index in [1.54, 1.807) is 24.3 Å². The molecular formula is C17H12IN3O4. The van der Waals surface area contributed by atoms with Crippen molar-refractivity contribution in [2.75, 3.05) is 10.6 Å². The number of halogens is 1. The third-order valence-corrected chi connectivity index (χ3v) is 3.80. The molecule has 0 aliphatic rings. The van der Waals surface area contributed by atoms with Crippen LogP contribution in [0.3, 0.4) is 0 Å². The molecular weight excluding hydrogens is 437 g/mol. The molecule has 8 heteroatoms.